The molecule has 108 valence electrons. The molecule has 18 heavy (non-hydrogen) atoms. The van der Waals surface area contributed by atoms with Crippen molar-refractivity contribution in [3.8, 4) is 0 Å². The Bertz CT molecular complexity index is 243. The highest BCUT2D eigenvalue weighted by Crippen LogP contribution is 2.31. The van der Waals surface area contributed by atoms with E-state index >= 15 is 0 Å². The molecule has 0 aromatic heterocycles. The van der Waals surface area contributed by atoms with Crippen LogP contribution in [-0.2, 0) is 4.74 Å². The van der Waals surface area contributed by atoms with Crippen LogP contribution in [-0.4, -0.2) is 41.8 Å². The van der Waals surface area contributed by atoms with Crippen LogP contribution in [0.5, 0.6) is 0 Å². The van der Waals surface area contributed by atoms with Gasteiger partial charge >= 0.3 is 0 Å². The lowest BCUT2D eigenvalue weighted by atomic mass is 9.89. The SMILES string of the molecule is CCC(CC)C(CN)N1CC(C)(C)OC(C)(C)C1. The first-order valence-corrected chi connectivity index (χ1v) is 7.39. The molecule has 1 fully saturated rings. The third kappa shape index (κ3) is 3.94. The molecule has 1 rings (SSSR count). The van der Waals surface area contributed by atoms with Crippen molar-refractivity contribution in [3.63, 3.8) is 0 Å². The standard InChI is InChI=1S/C15H32N2O/c1-7-12(8-2)13(9-16)17-10-14(3,4)18-15(5,6)11-17/h12-13H,7-11,16H2,1-6H3. The van der Waals surface area contributed by atoms with Gasteiger partial charge in [0.15, 0.2) is 0 Å². The second-order valence-electron chi connectivity index (χ2n) is 6.91. The van der Waals surface area contributed by atoms with Gasteiger partial charge in [0, 0.05) is 25.7 Å². The molecule has 0 aliphatic carbocycles. The quantitative estimate of drug-likeness (QED) is 0.822. The zero-order chi connectivity index (χ0) is 14.0. The predicted octanol–water partition coefficient (Wildman–Crippen LogP) is 2.64. The first-order chi connectivity index (χ1) is 8.24. The molecule has 0 radical (unpaired) electrons. The highest BCUT2D eigenvalue weighted by atomic mass is 16.5. The molecule has 0 aromatic rings. The summed E-state index contributed by atoms with van der Waals surface area (Å²) in [6, 6.07) is 0.488. The minimum Gasteiger partial charge on any atom is -0.367 e. The van der Waals surface area contributed by atoms with Crippen LogP contribution in [0.25, 0.3) is 0 Å². The van der Waals surface area contributed by atoms with Crippen LogP contribution < -0.4 is 5.73 Å². The molecule has 3 heteroatoms. The maximum Gasteiger partial charge on any atom is 0.0760 e. The van der Waals surface area contributed by atoms with Gasteiger partial charge in [-0.05, 0) is 33.6 Å². The fourth-order valence-corrected chi connectivity index (χ4v) is 3.55. The number of hydrogen-bond acceptors (Lipinski definition) is 3. The van der Waals surface area contributed by atoms with E-state index in [0.717, 1.165) is 19.6 Å². The first kappa shape index (κ1) is 15.9. The summed E-state index contributed by atoms with van der Waals surface area (Å²) < 4.78 is 6.15. The lowest BCUT2D eigenvalue weighted by Crippen LogP contribution is -2.62. The van der Waals surface area contributed by atoms with Crippen molar-refractivity contribution in [2.75, 3.05) is 19.6 Å². The average molecular weight is 256 g/mol. The largest absolute Gasteiger partial charge is 0.367 e. The van der Waals surface area contributed by atoms with E-state index < -0.39 is 0 Å². The van der Waals surface area contributed by atoms with E-state index in [9.17, 15) is 0 Å². The van der Waals surface area contributed by atoms with Gasteiger partial charge in [0.2, 0.25) is 0 Å². The Kier molecular flexibility index (Phi) is 5.22. The molecule has 1 heterocycles. The Morgan fingerprint density at radius 3 is 1.83 bits per heavy atom. The molecule has 1 unspecified atom stereocenters. The van der Waals surface area contributed by atoms with Gasteiger partial charge < -0.3 is 10.5 Å². The summed E-state index contributed by atoms with van der Waals surface area (Å²) in [5, 5.41) is 0. The first-order valence-electron chi connectivity index (χ1n) is 7.39. The molecular weight excluding hydrogens is 224 g/mol. The summed E-state index contributed by atoms with van der Waals surface area (Å²) in [6.07, 6.45) is 2.41. The number of nitrogens with two attached hydrogens (primary N) is 1. The monoisotopic (exact) mass is 256 g/mol. The van der Waals surface area contributed by atoms with E-state index in [1.807, 2.05) is 0 Å². The van der Waals surface area contributed by atoms with E-state index in [1.54, 1.807) is 0 Å². The number of ether oxygens (including phenoxy) is 1. The summed E-state index contributed by atoms with van der Waals surface area (Å²) in [5.74, 6) is 0.694. The van der Waals surface area contributed by atoms with Crippen molar-refractivity contribution in [3.05, 3.63) is 0 Å². The second-order valence-corrected chi connectivity index (χ2v) is 6.91. The summed E-state index contributed by atoms with van der Waals surface area (Å²) in [4.78, 5) is 2.56. The zero-order valence-electron chi connectivity index (χ0n) is 13.1. The van der Waals surface area contributed by atoms with Gasteiger partial charge in [-0.25, -0.2) is 0 Å². The highest BCUT2D eigenvalue weighted by Gasteiger charge is 2.41. The molecule has 3 nitrogen and oxygen atoms in total. The van der Waals surface area contributed by atoms with Crippen molar-refractivity contribution in [2.24, 2.45) is 11.7 Å². The van der Waals surface area contributed by atoms with E-state index in [1.165, 1.54) is 12.8 Å². The van der Waals surface area contributed by atoms with Crippen molar-refractivity contribution in [2.45, 2.75) is 71.6 Å². The van der Waals surface area contributed by atoms with Gasteiger partial charge in [0.25, 0.3) is 0 Å². The Balaban J connectivity index is 2.85. The van der Waals surface area contributed by atoms with Crippen LogP contribution in [0.3, 0.4) is 0 Å². The Morgan fingerprint density at radius 1 is 1.06 bits per heavy atom. The van der Waals surface area contributed by atoms with E-state index in [2.05, 4.69) is 46.4 Å². The molecule has 1 aliphatic heterocycles. The fraction of sp³-hybridized carbons (Fsp3) is 1.00. The molecular formula is C15H32N2O. The van der Waals surface area contributed by atoms with Crippen molar-refractivity contribution in [1.82, 2.24) is 4.90 Å². The molecule has 1 atom stereocenters. The predicted molar refractivity (Wildman–Crippen MR) is 77.7 cm³/mol. The van der Waals surface area contributed by atoms with Crippen LogP contribution in [0.4, 0.5) is 0 Å². The van der Waals surface area contributed by atoms with Gasteiger partial charge in [0.1, 0.15) is 0 Å². The van der Waals surface area contributed by atoms with Crippen molar-refractivity contribution < 1.29 is 4.74 Å². The molecule has 0 bridgehead atoms. The number of rotatable bonds is 5. The minimum absolute atomic E-state index is 0.0821. The van der Waals surface area contributed by atoms with Gasteiger partial charge in [-0.15, -0.1) is 0 Å². The van der Waals surface area contributed by atoms with Gasteiger partial charge in [0.05, 0.1) is 11.2 Å². The summed E-state index contributed by atoms with van der Waals surface area (Å²) in [7, 11) is 0. The maximum absolute atomic E-state index is 6.15. The maximum atomic E-state index is 6.15. The molecule has 0 saturated carbocycles. The number of hydrogen-bond donors (Lipinski definition) is 1. The van der Waals surface area contributed by atoms with Crippen LogP contribution in [0.15, 0.2) is 0 Å². The molecule has 2 N–H and O–H groups in total. The third-order valence-corrected chi connectivity index (χ3v) is 4.02. The lowest BCUT2D eigenvalue weighted by molar-refractivity contribution is -0.190. The number of nitrogens with zero attached hydrogens (tertiary/aromatic N) is 1. The summed E-state index contributed by atoms with van der Waals surface area (Å²) >= 11 is 0. The third-order valence-electron chi connectivity index (χ3n) is 4.02. The smallest absolute Gasteiger partial charge is 0.0760 e. The van der Waals surface area contributed by atoms with Gasteiger partial charge in [-0.1, -0.05) is 26.7 Å². The Hall–Kier alpha value is -0.120. The average Bonchev–Trinajstić information content (AvgIpc) is 2.20. The van der Waals surface area contributed by atoms with Crippen molar-refractivity contribution >= 4 is 0 Å². The molecule has 0 spiro atoms. The molecule has 1 saturated heterocycles. The summed E-state index contributed by atoms with van der Waals surface area (Å²) in [5.41, 5.74) is 5.89. The van der Waals surface area contributed by atoms with Crippen LogP contribution in [0.2, 0.25) is 0 Å². The van der Waals surface area contributed by atoms with Crippen LogP contribution in [0, 0.1) is 5.92 Å². The normalized spacial score (nSPS) is 25.3. The highest BCUT2D eigenvalue weighted by molar-refractivity contribution is 4.93. The molecule has 0 amide bonds. The van der Waals surface area contributed by atoms with Crippen LogP contribution >= 0.6 is 0 Å². The Labute approximate surface area is 113 Å². The van der Waals surface area contributed by atoms with E-state index in [0.29, 0.717) is 12.0 Å². The van der Waals surface area contributed by atoms with Crippen molar-refractivity contribution in [1.29, 1.82) is 0 Å². The second kappa shape index (κ2) is 5.89. The topological polar surface area (TPSA) is 38.5 Å². The lowest BCUT2D eigenvalue weighted by Gasteiger charge is -2.51. The van der Waals surface area contributed by atoms with Gasteiger partial charge in [-0.2, -0.15) is 0 Å². The minimum atomic E-state index is -0.0821. The molecule has 1 aliphatic rings. The van der Waals surface area contributed by atoms with Crippen LogP contribution in [0.1, 0.15) is 54.4 Å². The van der Waals surface area contributed by atoms with E-state index in [4.69, 9.17) is 10.5 Å². The zero-order valence-corrected chi connectivity index (χ0v) is 13.1. The Morgan fingerprint density at radius 2 is 1.50 bits per heavy atom. The molecule has 0 aromatic carbocycles. The number of morpholine rings is 1. The van der Waals surface area contributed by atoms with Gasteiger partial charge in [-0.3, -0.25) is 4.90 Å². The van der Waals surface area contributed by atoms with E-state index in [-0.39, 0.29) is 11.2 Å². The fourth-order valence-electron chi connectivity index (χ4n) is 3.55. The summed E-state index contributed by atoms with van der Waals surface area (Å²) in [6.45, 7) is 16.0.